The lowest BCUT2D eigenvalue weighted by molar-refractivity contribution is -0.104. The minimum Gasteiger partial charge on any atom is -0.475 e. The number of aromatic nitrogens is 2. The van der Waals surface area contributed by atoms with Gasteiger partial charge in [0, 0.05) is 0 Å². The molecule has 6 N–H and O–H groups in total. The van der Waals surface area contributed by atoms with Gasteiger partial charge in [0.1, 0.15) is 36.8 Å². The number of ether oxygens (including phenoxy) is 1. The van der Waals surface area contributed by atoms with Gasteiger partial charge < -0.3 is 25.2 Å². The van der Waals surface area contributed by atoms with Crippen LogP contribution in [0.15, 0.2) is 15.7 Å². The molecule has 0 radical (unpaired) electrons. The molecule has 0 saturated heterocycles. The van der Waals surface area contributed by atoms with E-state index in [9.17, 15) is 29.7 Å². The van der Waals surface area contributed by atoms with Crippen molar-refractivity contribution in [2.45, 2.75) is 18.3 Å². The number of aliphatic hydroxyl groups excluding tert-OH is 4. The lowest BCUT2D eigenvalue weighted by Crippen LogP contribution is -2.42. The Kier molecular flexibility index (Phi) is 6.66. The zero-order chi connectivity index (χ0) is 16.7. The molecule has 0 aliphatic carbocycles. The first-order valence-electron chi connectivity index (χ1n) is 6.17. The smallest absolute Gasteiger partial charge is 0.328 e. The predicted octanol–water partition coefficient (Wildman–Crippen LogP) is -3.27. The maximum Gasteiger partial charge on any atom is 0.328 e. The number of hydrogen-bond acceptors (Lipinski definition) is 8. The van der Waals surface area contributed by atoms with Crippen LogP contribution in [-0.4, -0.2) is 68.2 Å². The number of carbonyl (C=O) groups excluding carboxylic acids is 1. The maximum atomic E-state index is 11.6. The first kappa shape index (κ1) is 17.8. The standard InChI is InChI=1S/C12H16N2O8/c15-3-1-2-6-10(20)13-12(21)14-11(6)22-5-8(18)9(19)7(17)4-16/h1-3,7-9,16-19H,4-5H2,(H2,13,14,20,21)/b2-1+/t7-,8+,9-/m1/s1. The number of rotatable bonds is 8. The van der Waals surface area contributed by atoms with E-state index in [-0.39, 0.29) is 11.4 Å². The second-order valence-electron chi connectivity index (χ2n) is 4.27. The zero-order valence-corrected chi connectivity index (χ0v) is 11.3. The van der Waals surface area contributed by atoms with Crippen LogP contribution in [0.25, 0.3) is 6.08 Å². The number of carbonyl (C=O) groups is 1. The van der Waals surface area contributed by atoms with Crippen molar-refractivity contribution in [1.82, 2.24) is 9.97 Å². The Hall–Kier alpha value is -2.27. The fourth-order valence-corrected chi connectivity index (χ4v) is 1.51. The second kappa shape index (κ2) is 8.24. The predicted molar refractivity (Wildman–Crippen MR) is 73.4 cm³/mol. The van der Waals surface area contributed by atoms with Gasteiger partial charge in [-0.25, -0.2) is 4.79 Å². The Morgan fingerprint density at radius 1 is 1.14 bits per heavy atom. The van der Waals surface area contributed by atoms with E-state index in [1.54, 1.807) is 0 Å². The van der Waals surface area contributed by atoms with Gasteiger partial charge in [-0.15, -0.1) is 0 Å². The molecule has 1 heterocycles. The van der Waals surface area contributed by atoms with Gasteiger partial charge >= 0.3 is 5.69 Å². The van der Waals surface area contributed by atoms with Gasteiger partial charge in [0.05, 0.1) is 6.61 Å². The van der Waals surface area contributed by atoms with E-state index in [4.69, 9.17) is 9.84 Å². The Bertz CT molecular complexity index is 635. The summed E-state index contributed by atoms with van der Waals surface area (Å²) in [4.78, 5) is 37.2. The van der Waals surface area contributed by atoms with Crippen molar-refractivity contribution in [1.29, 1.82) is 0 Å². The van der Waals surface area contributed by atoms with Crippen LogP contribution in [-0.2, 0) is 4.79 Å². The molecular formula is C12H16N2O8. The molecule has 10 heteroatoms. The highest BCUT2D eigenvalue weighted by Crippen LogP contribution is 2.11. The molecule has 0 saturated carbocycles. The van der Waals surface area contributed by atoms with Crippen LogP contribution in [0.1, 0.15) is 5.56 Å². The number of H-pyrrole nitrogens is 2. The second-order valence-corrected chi connectivity index (χ2v) is 4.27. The van der Waals surface area contributed by atoms with E-state index in [1.807, 2.05) is 4.98 Å². The SMILES string of the molecule is O=C/C=C/c1c(OC[C@H](O)[C@H](O)[C@H](O)CO)[nH]c(=O)[nH]c1=O. The third-order valence-corrected chi connectivity index (χ3v) is 2.66. The molecule has 122 valence electrons. The van der Waals surface area contributed by atoms with Gasteiger partial charge in [-0.1, -0.05) is 0 Å². The quantitative estimate of drug-likeness (QED) is 0.214. The number of hydrogen-bond donors (Lipinski definition) is 6. The average molecular weight is 316 g/mol. The molecular weight excluding hydrogens is 300 g/mol. The third-order valence-electron chi connectivity index (χ3n) is 2.66. The Morgan fingerprint density at radius 2 is 1.82 bits per heavy atom. The molecule has 0 aliphatic heterocycles. The van der Waals surface area contributed by atoms with E-state index < -0.39 is 42.8 Å². The van der Waals surface area contributed by atoms with Crippen molar-refractivity contribution in [2.75, 3.05) is 13.2 Å². The number of allylic oxidation sites excluding steroid dienone is 1. The number of aldehydes is 1. The molecule has 1 aromatic rings. The summed E-state index contributed by atoms with van der Waals surface area (Å²) in [6, 6.07) is 0. The molecule has 3 atom stereocenters. The summed E-state index contributed by atoms with van der Waals surface area (Å²) in [5.41, 5.74) is -1.85. The maximum absolute atomic E-state index is 11.6. The van der Waals surface area contributed by atoms with E-state index in [2.05, 4.69) is 4.98 Å². The summed E-state index contributed by atoms with van der Waals surface area (Å²) in [6.07, 6.45) is -2.37. The van der Waals surface area contributed by atoms with E-state index in [1.165, 1.54) is 0 Å². The Balaban J connectivity index is 2.93. The van der Waals surface area contributed by atoms with Crippen LogP contribution in [0.4, 0.5) is 0 Å². The van der Waals surface area contributed by atoms with E-state index >= 15 is 0 Å². The molecule has 1 rings (SSSR count). The molecule has 0 fully saturated rings. The number of aromatic amines is 2. The van der Waals surface area contributed by atoms with Crippen LogP contribution in [0.3, 0.4) is 0 Å². The van der Waals surface area contributed by atoms with Gasteiger partial charge in [-0.2, -0.15) is 0 Å². The van der Waals surface area contributed by atoms with Crippen molar-refractivity contribution >= 4 is 12.4 Å². The van der Waals surface area contributed by atoms with Gasteiger partial charge in [0.15, 0.2) is 0 Å². The fraction of sp³-hybridized carbons (Fsp3) is 0.417. The monoisotopic (exact) mass is 316 g/mol. The topological polar surface area (TPSA) is 173 Å². The van der Waals surface area contributed by atoms with Crippen molar-refractivity contribution in [2.24, 2.45) is 0 Å². The van der Waals surface area contributed by atoms with Crippen LogP contribution in [0.5, 0.6) is 5.88 Å². The zero-order valence-electron chi connectivity index (χ0n) is 11.3. The minimum atomic E-state index is -1.69. The average Bonchev–Trinajstić information content (AvgIpc) is 2.49. The van der Waals surface area contributed by atoms with Crippen molar-refractivity contribution in [3.05, 3.63) is 32.5 Å². The molecule has 10 nitrogen and oxygen atoms in total. The van der Waals surface area contributed by atoms with E-state index in [0.29, 0.717) is 6.29 Å². The molecule has 0 amide bonds. The van der Waals surface area contributed by atoms with Gasteiger partial charge in [0.2, 0.25) is 5.88 Å². The summed E-state index contributed by atoms with van der Waals surface area (Å²) >= 11 is 0. The van der Waals surface area contributed by atoms with Gasteiger partial charge in [-0.3, -0.25) is 19.6 Å². The normalized spacial score (nSPS) is 15.5. The summed E-state index contributed by atoms with van der Waals surface area (Å²) in [5.74, 6) is -0.323. The third kappa shape index (κ3) is 4.63. The first-order chi connectivity index (χ1) is 10.4. The highest BCUT2D eigenvalue weighted by molar-refractivity contribution is 5.74. The molecule has 0 bridgehead atoms. The van der Waals surface area contributed by atoms with E-state index in [0.717, 1.165) is 12.2 Å². The van der Waals surface area contributed by atoms with Crippen LogP contribution in [0.2, 0.25) is 0 Å². The van der Waals surface area contributed by atoms with Crippen LogP contribution in [0, 0.1) is 0 Å². The molecule has 0 spiro atoms. The number of nitrogens with one attached hydrogen (secondary N) is 2. The molecule has 0 unspecified atom stereocenters. The Labute approximate surface area is 123 Å². The van der Waals surface area contributed by atoms with Crippen molar-refractivity contribution in [3.63, 3.8) is 0 Å². The summed E-state index contributed by atoms with van der Waals surface area (Å²) < 4.78 is 5.03. The Morgan fingerprint density at radius 3 is 2.41 bits per heavy atom. The molecule has 0 aliphatic rings. The highest BCUT2D eigenvalue weighted by atomic mass is 16.5. The number of aliphatic hydroxyl groups is 4. The lowest BCUT2D eigenvalue weighted by Gasteiger charge is -2.21. The van der Waals surface area contributed by atoms with Gasteiger partial charge in [0.25, 0.3) is 5.56 Å². The highest BCUT2D eigenvalue weighted by Gasteiger charge is 2.25. The van der Waals surface area contributed by atoms with Crippen molar-refractivity contribution < 1.29 is 30.0 Å². The lowest BCUT2D eigenvalue weighted by atomic mass is 10.1. The minimum absolute atomic E-state index is 0.170. The molecule has 1 aromatic heterocycles. The first-order valence-corrected chi connectivity index (χ1v) is 6.17. The van der Waals surface area contributed by atoms with Crippen LogP contribution < -0.4 is 16.0 Å². The molecule has 0 aromatic carbocycles. The van der Waals surface area contributed by atoms with Crippen LogP contribution >= 0.6 is 0 Å². The summed E-state index contributed by atoms with van der Waals surface area (Å²) in [7, 11) is 0. The van der Waals surface area contributed by atoms with Gasteiger partial charge in [-0.05, 0) is 12.2 Å². The fourth-order valence-electron chi connectivity index (χ4n) is 1.51. The summed E-state index contributed by atoms with van der Waals surface area (Å²) in [5, 5.41) is 36.9. The summed E-state index contributed by atoms with van der Waals surface area (Å²) in [6.45, 7) is -1.35. The van der Waals surface area contributed by atoms with Crippen molar-refractivity contribution in [3.8, 4) is 5.88 Å². The largest absolute Gasteiger partial charge is 0.475 e. The molecule has 22 heavy (non-hydrogen) atoms.